The van der Waals surface area contributed by atoms with Crippen LogP contribution in [-0.2, 0) is 4.79 Å². The molecule has 1 aliphatic heterocycles. The van der Waals surface area contributed by atoms with Crippen molar-refractivity contribution in [3.8, 4) is 0 Å². The Morgan fingerprint density at radius 1 is 0.900 bits per heavy atom. The first-order valence-electron chi connectivity index (χ1n) is 6.80. The van der Waals surface area contributed by atoms with Crippen LogP contribution >= 0.6 is 0 Å². The van der Waals surface area contributed by atoms with Gasteiger partial charge in [-0.2, -0.15) is 0 Å². The molecule has 3 rings (SSSR count). The number of carbonyl (C=O) groups is 1. The van der Waals surface area contributed by atoms with E-state index in [1.165, 1.54) is 11.1 Å². The number of hydrogen-bond acceptors (Lipinski definition) is 2. The lowest BCUT2D eigenvalue weighted by Gasteiger charge is -2.45. The number of carbonyl (C=O) groups excluding carboxylic acids is 1. The Kier molecular flexibility index (Phi) is 3.07. The van der Waals surface area contributed by atoms with E-state index >= 15 is 0 Å². The summed E-state index contributed by atoms with van der Waals surface area (Å²) in [6.07, 6.45) is 0. The van der Waals surface area contributed by atoms with E-state index in [4.69, 9.17) is 5.73 Å². The van der Waals surface area contributed by atoms with E-state index < -0.39 is 6.04 Å². The molecule has 2 atom stereocenters. The average Bonchev–Trinajstić information content (AvgIpc) is 2.46. The molecule has 0 radical (unpaired) electrons. The number of β-lactam (4-membered cyclic amide) rings is 1. The third-order valence-corrected chi connectivity index (χ3v) is 3.87. The molecule has 0 aromatic heterocycles. The van der Waals surface area contributed by atoms with Crippen molar-refractivity contribution in [3.63, 3.8) is 0 Å². The highest BCUT2D eigenvalue weighted by Crippen LogP contribution is 2.38. The molecule has 3 nitrogen and oxygen atoms in total. The van der Waals surface area contributed by atoms with Gasteiger partial charge in [0.1, 0.15) is 6.04 Å². The van der Waals surface area contributed by atoms with Crippen LogP contribution in [0.15, 0.2) is 48.5 Å². The molecule has 0 spiro atoms. The van der Waals surface area contributed by atoms with Gasteiger partial charge in [0.15, 0.2) is 0 Å². The second-order valence-corrected chi connectivity index (χ2v) is 5.43. The molecule has 1 fully saturated rings. The van der Waals surface area contributed by atoms with Crippen LogP contribution in [-0.4, -0.2) is 11.9 Å². The van der Waals surface area contributed by atoms with E-state index in [-0.39, 0.29) is 11.9 Å². The fourth-order valence-electron chi connectivity index (χ4n) is 2.62. The Labute approximate surface area is 119 Å². The van der Waals surface area contributed by atoms with Crippen LogP contribution < -0.4 is 10.6 Å². The van der Waals surface area contributed by atoms with Gasteiger partial charge in [-0.3, -0.25) is 4.79 Å². The van der Waals surface area contributed by atoms with Crippen molar-refractivity contribution in [3.05, 3.63) is 65.2 Å². The van der Waals surface area contributed by atoms with Gasteiger partial charge in [0, 0.05) is 5.69 Å². The van der Waals surface area contributed by atoms with E-state index in [1.807, 2.05) is 50.2 Å². The highest BCUT2D eigenvalue weighted by Gasteiger charge is 2.46. The second kappa shape index (κ2) is 4.76. The smallest absolute Gasteiger partial charge is 0.247 e. The van der Waals surface area contributed by atoms with Gasteiger partial charge in [-0.05, 0) is 31.5 Å². The van der Waals surface area contributed by atoms with Gasteiger partial charge >= 0.3 is 0 Å². The SMILES string of the molecule is Cc1ccc([C@H]2[C@@H](N)C(=O)N2c2ccc(C)cc2)cc1. The van der Waals surface area contributed by atoms with E-state index in [0.717, 1.165) is 11.3 Å². The predicted octanol–water partition coefficient (Wildman–Crippen LogP) is 2.72. The molecule has 1 aliphatic rings. The second-order valence-electron chi connectivity index (χ2n) is 5.43. The zero-order valence-corrected chi connectivity index (χ0v) is 11.7. The van der Waals surface area contributed by atoms with Crippen molar-refractivity contribution >= 4 is 11.6 Å². The fourth-order valence-corrected chi connectivity index (χ4v) is 2.62. The fraction of sp³-hybridized carbons (Fsp3) is 0.235. The molecule has 0 saturated carbocycles. The highest BCUT2D eigenvalue weighted by molar-refractivity contribution is 6.05. The normalized spacial score (nSPS) is 21.8. The first-order valence-corrected chi connectivity index (χ1v) is 6.80. The lowest BCUT2D eigenvalue weighted by molar-refractivity contribution is -0.126. The van der Waals surface area contributed by atoms with E-state index in [0.29, 0.717) is 0 Å². The first kappa shape index (κ1) is 12.9. The molecule has 0 aliphatic carbocycles. The molecule has 20 heavy (non-hydrogen) atoms. The minimum atomic E-state index is -0.445. The quantitative estimate of drug-likeness (QED) is 0.849. The maximum Gasteiger partial charge on any atom is 0.247 e. The summed E-state index contributed by atoms with van der Waals surface area (Å²) in [4.78, 5) is 13.9. The molecule has 0 unspecified atom stereocenters. The molecule has 1 saturated heterocycles. The Morgan fingerprint density at radius 2 is 1.40 bits per heavy atom. The minimum absolute atomic E-state index is 0.0144. The first-order chi connectivity index (χ1) is 9.58. The van der Waals surface area contributed by atoms with Crippen molar-refractivity contribution in [2.75, 3.05) is 4.90 Å². The number of anilines is 1. The van der Waals surface area contributed by atoms with Crippen LogP contribution in [0.1, 0.15) is 22.7 Å². The summed E-state index contributed by atoms with van der Waals surface area (Å²) in [5.41, 5.74) is 10.4. The number of nitrogens with zero attached hydrogens (tertiary/aromatic N) is 1. The monoisotopic (exact) mass is 266 g/mol. The van der Waals surface area contributed by atoms with E-state index in [2.05, 4.69) is 12.1 Å². The molecule has 2 aromatic rings. The number of rotatable bonds is 2. The molecule has 3 heteroatoms. The number of aryl methyl sites for hydroxylation is 2. The third-order valence-electron chi connectivity index (χ3n) is 3.87. The van der Waals surface area contributed by atoms with Crippen molar-refractivity contribution < 1.29 is 4.79 Å². The summed E-state index contributed by atoms with van der Waals surface area (Å²) in [6, 6.07) is 15.7. The lowest BCUT2D eigenvalue weighted by atomic mass is 9.88. The topological polar surface area (TPSA) is 46.3 Å². The summed E-state index contributed by atoms with van der Waals surface area (Å²) in [6.45, 7) is 4.08. The summed E-state index contributed by atoms with van der Waals surface area (Å²) in [5.74, 6) is -0.0144. The summed E-state index contributed by atoms with van der Waals surface area (Å²) < 4.78 is 0. The summed E-state index contributed by atoms with van der Waals surface area (Å²) in [7, 11) is 0. The minimum Gasteiger partial charge on any atom is -0.318 e. The Morgan fingerprint density at radius 3 is 1.95 bits per heavy atom. The zero-order chi connectivity index (χ0) is 14.3. The number of amides is 1. The molecular formula is C17H18N2O. The number of benzene rings is 2. The average molecular weight is 266 g/mol. The van der Waals surface area contributed by atoms with Gasteiger partial charge in [0.05, 0.1) is 6.04 Å². The molecule has 102 valence electrons. The van der Waals surface area contributed by atoms with Crippen molar-refractivity contribution in [2.45, 2.75) is 25.9 Å². The van der Waals surface area contributed by atoms with Gasteiger partial charge in [0.2, 0.25) is 5.91 Å². The number of nitrogens with two attached hydrogens (primary N) is 1. The van der Waals surface area contributed by atoms with Gasteiger partial charge in [-0.25, -0.2) is 0 Å². The lowest BCUT2D eigenvalue weighted by Crippen LogP contribution is -2.63. The standard InChI is InChI=1S/C17H18N2O/c1-11-3-7-13(8-4-11)16-15(18)17(20)19(16)14-9-5-12(2)6-10-14/h3-10,15-16H,18H2,1-2H3/t15-,16+/m1/s1. The summed E-state index contributed by atoms with van der Waals surface area (Å²) >= 11 is 0. The van der Waals surface area contributed by atoms with E-state index in [9.17, 15) is 4.79 Å². The zero-order valence-electron chi connectivity index (χ0n) is 11.7. The Balaban J connectivity index is 1.95. The Bertz CT molecular complexity index is 631. The third kappa shape index (κ3) is 2.00. The van der Waals surface area contributed by atoms with Crippen LogP contribution in [0, 0.1) is 13.8 Å². The molecule has 1 amide bonds. The van der Waals surface area contributed by atoms with Crippen LogP contribution in [0.2, 0.25) is 0 Å². The highest BCUT2D eigenvalue weighted by atomic mass is 16.2. The molecule has 0 bridgehead atoms. The molecular weight excluding hydrogens is 248 g/mol. The van der Waals surface area contributed by atoms with Crippen LogP contribution in [0.3, 0.4) is 0 Å². The number of hydrogen-bond donors (Lipinski definition) is 1. The molecule has 1 heterocycles. The van der Waals surface area contributed by atoms with E-state index in [1.54, 1.807) is 4.90 Å². The maximum atomic E-state index is 12.1. The Hall–Kier alpha value is -2.13. The van der Waals surface area contributed by atoms with Crippen molar-refractivity contribution in [1.29, 1.82) is 0 Å². The van der Waals surface area contributed by atoms with Gasteiger partial charge < -0.3 is 10.6 Å². The van der Waals surface area contributed by atoms with Crippen LogP contribution in [0.25, 0.3) is 0 Å². The largest absolute Gasteiger partial charge is 0.318 e. The van der Waals surface area contributed by atoms with Crippen LogP contribution in [0.4, 0.5) is 5.69 Å². The molecule has 2 aromatic carbocycles. The van der Waals surface area contributed by atoms with Crippen LogP contribution in [0.5, 0.6) is 0 Å². The molecule has 2 N–H and O–H groups in total. The van der Waals surface area contributed by atoms with Crippen molar-refractivity contribution in [1.82, 2.24) is 0 Å². The van der Waals surface area contributed by atoms with Gasteiger partial charge in [-0.1, -0.05) is 47.5 Å². The van der Waals surface area contributed by atoms with Crippen molar-refractivity contribution in [2.24, 2.45) is 5.73 Å². The van der Waals surface area contributed by atoms with Gasteiger partial charge in [-0.15, -0.1) is 0 Å². The summed E-state index contributed by atoms with van der Waals surface area (Å²) in [5, 5.41) is 0. The predicted molar refractivity (Wildman–Crippen MR) is 80.6 cm³/mol. The van der Waals surface area contributed by atoms with Gasteiger partial charge in [0.25, 0.3) is 0 Å². The maximum absolute atomic E-state index is 12.1.